The van der Waals surface area contributed by atoms with Crippen LogP contribution in [0, 0.1) is 5.92 Å². The zero-order valence-corrected chi connectivity index (χ0v) is 14.3. The van der Waals surface area contributed by atoms with E-state index in [-0.39, 0.29) is 29.3 Å². The van der Waals surface area contributed by atoms with Gasteiger partial charge in [-0.3, -0.25) is 0 Å². The zero-order valence-electron chi connectivity index (χ0n) is 14.3. The molecule has 1 N–H and O–H groups in total. The van der Waals surface area contributed by atoms with Gasteiger partial charge in [-0.25, -0.2) is 0 Å². The molecule has 1 aromatic rings. The van der Waals surface area contributed by atoms with Gasteiger partial charge in [0, 0.05) is 13.5 Å². The number of aliphatic hydroxyl groups is 1. The maximum Gasteiger partial charge on any atom is 0.119 e. The summed E-state index contributed by atoms with van der Waals surface area (Å²) in [6, 6.07) is 9.82. The van der Waals surface area contributed by atoms with Gasteiger partial charge in [0.25, 0.3) is 0 Å². The number of ether oxygens (including phenoxy) is 4. The van der Waals surface area contributed by atoms with E-state index in [4.69, 9.17) is 18.9 Å². The SMILES string of the molecule is COC1C(O)CCC2(CO2)C1C1(C)OC1CCOc1ccccc1. The van der Waals surface area contributed by atoms with E-state index >= 15 is 0 Å². The number of methoxy groups -OCH3 is 1. The first-order valence-corrected chi connectivity index (χ1v) is 8.79. The molecule has 1 aliphatic carbocycles. The van der Waals surface area contributed by atoms with Crippen LogP contribution in [0.1, 0.15) is 26.2 Å². The normalized spacial score (nSPS) is 43.6. The second-order valence-electron chi connectivity index (χ2n) is 7.38. The summed E-state index contributed by atoms with van der Waals surface area (Å²) in [6.07, 6.45) is 1.88. The highest BCUT2D eigenvalue weighted by Crippen LogP contribution is 2.59. The summed E-state index contributed by atoms with van der Waals surface area (Å²) >= 11 is 0. The Morgan fingerprint density at radius 2 is 2.04 bits per heavy atom. The van der Waals surface area contributed by atoms with Gasteiger partial charge < -0.3 is 24.1 Å². The quantitative estimate of drug-likeness (QED) is 0.808. The van der Waals surface area contributed by atoms with Crippen molar-refractivity contribution in [1.82, 2.24) is 0 Å². The van der Waals surface area contributed by atoms with Crippen LogP contribution in [0.3, 0.4) is 0 Å². The molecule has 132 valence electrons. The Kier molecular flexibility index (Phi) is 4.07. The molecule has 24 heavy (non-hydrogen) atoms. The van der Waals surface area contributed by atoms with Crippen LogP contribution >= 0.6 is 0 Å². The number of epoxide rings is 2. The first-order chi connectivity index (χ1) is 11.6. The number of hydrogen-bond donors (Lipinski definition) is 1. The molecule has 0 amide bonds. The molecule has 3 aliphatic rings. The molecular weight excluding hydrogens is 308 g/mol. The van der Waals surface area contributed by atoms with Gasteiger partial charge >= 0.3 is 0 Å². The highest BCUT2D eigenvalue weighted by Gasteiger charge is 2.71. The smallest absolute Gasteiger partial charge is 0.119 e. The molecule has 1 spiro atoms. The summed E-state index contributed by atoms with van der Waals surface area (Å²) in [6.45, 7) is 3.49. The van der Waals surface area contributed by atoms with E-state index in [0.29, 0.717) is 6.61 Å². The van der Waals surface area contributed by atoms with Crippen molar-refractivity contribution in [2.75, 3.05) is 20.3 Å². The average Bonchev–Trinajstić information content (AvgIpc) is 3.49. The fourth-order valence-corrected chi connectivity index (χ4v) is 4.48. The van der Waals surface area contributed by atoms with E-state index < -0.39 is 6.10 Å². The van der Waals surface area contributed by atoms with Crippen molar-refractivity contribution in [2.45, 2.75) is 55.7 Å². The zero-order chi connectivity index (χ0) is 16.8. The van der Waals surface area contributed by atoms with E-state index in [1.807, 2.05) is 30.3 Å². The Hall–Kier alpha value is -1.14. The standard InChI is InChI=1S/C19H26O5/c1-18(15(24-18)9-11-22-13-6-4-3-5-7-13)17-16(21-2)14(20)8-10-19(17)12-23-19/h3-7,14-17,20H,8-12H2,1-2H3. The molecule has 1 aromatic carbocycles. The van der Waals surface area contributed by atoms with Crippen molar-refractivity contribution in [1.29, 1.82) is 0 Å². The minimum Gasteiger partial charge on any atom is -0.493 e. The molecular formula is C19H26O5. The Labute approximate surface area is 142 Å². The van der Waals surface area contributed by atoms with Crippen molar-refractivity contribution in [3.05, 3.63) is 30.3 Å². The van der Waals surface area contributed by atoms with Crippen molar-refractivity contribution in [2.24, 2.45) is 5.92 Å². The molecule has 4 rings (SSSR count). The second-order valence-corrected chi connectivity index (χ2v) is 7.38. The number of aliphatic hydroxyl groups excluding tert-OH is 1. The third-order valence-corrected chi connectivity index (χ3v) is 5.91. The lowest BCUT2D eigenvalue weighted by atomic mass is 9.68. The van der Waals surface area contributed by atoms with Crippen molar-refractivity contribution in [3.63, 3.8) is 0 Å². The van der Waals surface area contributed by atoms with E-state index in [0.717, 1.165) is 31.6 Å². The molecule has 2 heterocycles. The third kappa shape index (κ3) is 2.73. The molecule has 0 aromatic heterocycles. The predicted molar refractivity (Wildman–Crippen MR) is 88.0 cm³/mol. The van der Waals surface area contributed by atoms with E-state index in [1.165, 1.54) is 0 Å². The lowest BCUT2D eigenvalue weighted by Gasteiger charge is -2.41. The largest absolute Gasteiger partial charge is 0.493 e. The molecule has 3 fully saturated rings. The van der Waals surface area contributed by atoms with Gasteiger partial charge in [-0.2, -0.15) is 0 Å². The van der Waals surface area contributed by atoms with Gasteiger partial charge in [-0.1, -0.05) is 18.2 Å². The topological polar surface area (TPSA) is 63.8 Å². The van der Waals surface area contributed by atoms with Crippen LogP contribution in [-0.4, -0.2) is 54.9 Å². The van der Waals surface area contributed by atoms with Gasteiger partial charge in [0.1, 0.15) is 11.4 Å². The molecule has 5 nitrogen and oxygen atoms in total. The number of benzene rings is 1. The summed E-state index contributed by atoms with van der Waals surface area (Å²) in [5.41, 5.74) is -0.470. The molecule has 1 saturated carbocycles. The van der Waals surface area contributed by atoms with E-state index in [9.17, 15) is 5.11 Å². The average molecular weight is 334 g/mol. The van der Waals surface area contributed by atoms with Crippen LogP contribution in [0.15, 0.2) is 30.3 Å². The third-order valence-electron chi connectivity index (χ3n) is 5.91. The molecule has 2 saturated heterocycles. The van der Waals surface area contributed by atoms with Gasteiger partial charge in [0.15, 0.2) is 0 Å². The van der Waals surface area contributed by atoms with E-state index in [2.05, 4.69) is 6.92 Å². The molecule has 0 radical (unpaired) electrons. The van der Waals surface area contributed by atoms with Crippen LogP contribution in [0.5, 0.6) is 5.75 Å². The molecule has 0 bridgehead atoms. The van der Waals surface area contributed by atoms with Gasteiger partial charge in [0.05, 0.1) is 43.0 Å². The lowest BCUT2D eigenvalue weighted by molar-refractivity contribution is -0.116. The maximum absolute atomic E-state index is 10.3. The minimum atomic E-state index is -0.447. The lowest BCUT2D eigenvalue weighted by Crippen LogP contribution is -2.54. The van der Waals surface area contributed by atoms with Crippen molar-refractivity contribution in [3.8, 4) is 5.75 Å². The monoisotopic (exact) mass is 334 g/mol. The van der Waals surface area contributed by atoms with Gasteiger partial charge in [0.2, 0.25) is 0 Å². The predicted octanol–water partition coefficient (Wildman–Crippen LogP) is 2.17. The first-order valence-electron chi connectivity index (χ1n) is 8.79. The van der Waals surface area contributed by atoms with Gasteiger partial charge in [-0.15, -0.1) is 0 Å². The Morgan fingerprint density at radius 3 is 2.71 bits per heavy atom. The first kappa shape index (κ1) is 16.3. The number of hydrogen-bond acceptors (Lipinski definition) is 5. The van der Waals surface area contributed by atoms with Crippen LogP contribution in [0.4, 0.5) is 0 Å². The van der Waals surface area contributed by atoms with Gasteiger partial charge in [-0.05, 0) is 31.9 Å². The van der Waals surface area contributed by atoms with E-state index in [1.54, 1.807) is 7.11 Å². The highest BCUT2D eigenvalue weighted by molar-refractivity contribution is 5.22. The second kappa shape index (κ2) is 5.99. The summed E-state index contributed by atoms with van der Waals surface area (Å²) < 4.78 is 23.3. The Balaban J connectivity index is 1.39. The number of rotatable bonds is 6. The van der Waals surface area contributed by atoms with Crippen LogP contribution in [-0.2, 0) is 14.2 Å². The van der Waals surface area contributed by atoms with Crippen molar-refractivity contribution >= 4 is 0 Å². The molecule has 6 unspecified atom stereocenters. The summed E-state index contributed by atoms with van der Waals surface area (Å²) in [5.74, 6) is 0.949. The highest BCUT2D eigenvalue weighted by atomic mass is 16.6. The fourth-order valence-electron chi connectivity index (χ4n) is 4.48. The summed E-state index contributed by atoms with van der Waals surface area (Å²) in [4.78, 5) is 0. The maximum atomic E-state index is 10.3. The minimum absolute atomic E-state index is 0.0699. The molecule has 5 heteroatoms. The summed E-state index contributed by atoms with van der Waals surface area (Å²) in [7, 11) is 1.67. The Morgan fingerprint density at radius 1 is 1.29 bits per heavy atom. The Bertz CT molecular complexity index is 572. The van der Waals surface area contributed by atoms with Crippen LogP contribution in [0.25, 0.3) is 0 Å². The summed E-state index contributed by atoms with van der Waals surface area (Å²) in [5, 5.41) is 10.3. The van der Waals surface area contributed by atoms with Crippen molar-refractivity contribution < 1.29 is 24.1 Å². The molecule has 6 atom stereocenters. The fraction of sp³-hybridized carbons (Fsp3) is 0.684. The van der Waals surface area contributed by atoms with Crippen LogP contribution in [0.2, 0.25) is 0 Å². The number of para-hydroxylation sites is 1. The molecule has 2 aliphatic heterocycles. The van der Waals surface area contributed by atoms with Crippen LogP contribution < -0.4 is 4.74 Å².